The number of rotatable bonds is 5. The van der Waals surface area contributed by atoms with E-state index in [9.17, 15) is 33.5 Å². The Morgan fingerprint density at radius 2 is 1.50 bits per heavy atom. The van der Waals surface area contributed by atoms with Crippen LogP contribution in [0.3, 0.4) is 0 Å². The summed E-state index contributed by atoms with van der Waals surface area (Å²) in [4.78, 5) is 49.3. The first-order valence-corrected chi connectivity index (χ1v) is 12.4. The Balaban J connectivity index is 1.93. The summed E-state index contributed by atoms with van der Waals surface area (Å²) in [5.41, 5.74) is 0.873. The zero-order valence-corrected chi connectivity index (χ0v) is 16.7. The Morgan fingerprint density at radius 3 is 2.04 bits per heavy atom. The van der Waals surface area contributed by atoms with Crippen molar-refractivity contribution in [3.05, 3.63) is 64.4 Å². The van der Waals surface area contributed by atoms with Crippen LogP contribution < -0.4 is 5.56 Å². The molecule has 0 unspecified atom stereocenters. The van der Waals surface area contributed by atoms with Crippen molar-refractivity contribution in [2.24, 2.45) is 0 Å². The molecule has 0 aliphatic carbocycles. The summed E-state index contributed by atoms with van der Waals surface area (Å²) in [6.07, 6.45) is -0.464. The van der Waals surface area contributed by atoms with Crippen LogP contribution in [0.2, 0.25) is 0 Å². The molecule has 4 N–H and O–H groups in total. The van der Waals surface area contributed by atoms with Gasteiger partial charge in [0.1, 0.15) is 0 Å². The van der Waals surface area contributed by atoms with Gasteiger partial charge in [-0.2, -0.15) is 0 Å². The van der Waals surface area contributed by atoms with Crippen LogP contribution in [0.25, 0.3) is 15.3 Å². The molecule has 11 heteroatoms. The molecular formula is C15H15NO7P2Se. The monoisotopic (exact) mass is 463 g/mol. The third kappa shape index (κ3) is 4.01. The van der Waals surface area contributed by atoms with Crippen molar-refractivity contribution in [3.63, 3.8) is 0 Å². The minimum absolute atomic E-state index is 0.114. The van der Waals surface area contributed by atoms with E-state index in [0.29, 0.717) is 16.6 Å². The maximum atomic E-state index is 12.5. The van der Waals surface area contributed by atoms with Gasteiger partial charge in [0.15, 0.2) is 0 Å². The first kappa shape index (κ1) is 19.5. The second kappa shape index (κ2) is 7.04. The molecule has 0 saturated heterocycles. The van der Waals surface area contributed by atoms with Gasteiger partial charge in [-0.25, -0.2) is 0 Å². The van der Waals surface area contributed by atoms with Gasteiger partial charge in [0.2, 0.25) is 0 Å². The predicted octanol–water partition coefficient (Wildman–Crippen LogP) is 1.27. The van der Waals surface area contributed by atoms with E-state index in [4.69, 9.17) is 0 Å². The summed E-state index contributed by atoms with van der Waals surface area (Å²) >= 11 is -0.213. The third-order valence-corrected chi connectivity index (χ3v) is 9.91. The molecule has 8 nitrogen and oxygen atoms in total. The van der Waals surface area contributed by atoms with Crippen LogP contribution in [0.5, 0.6) is 0 Å². The molecule has 0 saturated carbocycles. The van der Waals surface area contributed by atoms with Gasteiger partial charge in [-0.1, -0.05) is 0 Å². The number of hydrogen-bond donors (Lipinski definition) is 4. The van der Waals surface area contributed by atoms with Gasteiger partial charge in [0, 0.05) is 0 Å². The zero-order valence-electron chi connectivity index (χ0n) is 13.2. The molecule has 0 bridgehead atoms. The molecule has 0 aliphatic rings. The van der Waals surface area contributed by atoms with Crippen molar-refractivity contribution in [2.75, 3.05) is 0 Å². The number of hydrogen-bond acceptors (Lipinski definition) is 3. The molecule has 0 atom stereocenters. The van der Waals surface area contributed by atoms with Crippen LogP contribution in [0.4, 0.5) is 0 Å². The van der Waals surface area contributed by atoms with Crippen molar-refractivity contribution in [1.82, 2.24) is 3.56 Å². The summed E-state index contributed by atoms with van der Waals surface area (Å²) in [5.74, 6) is 0. The average molecular weight is 462 g/mol. The van der Waals surface area contributed by atoms with Crippen LogP contribution in [0.1, 0.15) is 5.56 Å². The summed E-state index contributed by atoms with van der Waals surface area (Å²) in [7, 11) is -9.94. The molecule has 0 fully saturated rings. The molecule has 0 spiro atoms. The van der Waals surface area contributed by atoms with Crippen LogP contribution >= 0.6 is 15.2 Å². The van der Waals surface area contributed by atoms with E-state index in [1.165, 1.54) is 12.1 Å². The molecule has 1 heterocycles. The summed E-state index contributed by atoms with van der Waals surface area (Å²) in [6.45, 7) is 0. The fourth-order valence-electron chi connectivity index (χ4n) is 2.55. The molecule has 1 aromatic heterocycles. The fourth-order valence-corrected chi connectivity index (χ4v) is 7.11. The van der Waals surface area contributed by atoms with E-state index < -0.39 is 27.0 Å². The molecule has 26 heavy (non-hydrogen) atoms. The standard InChI is InChI=1S/C15H15NO7P2Se/c17-15-12-3-1-2-4-13(12)26-16(15)11-7-5-10(6-8-11)9-14(24(18,19)20)25(21,22)23/h1-8,14H,9H2,(H2,18,19,20)(H2,21,22,23). The maximum absolute atomic E-state index is 12.5. The summed E-state index contributed by atoms with van der Waals surface area (Å²) in [6, 6.07) is 13.6. The van der Waals surface area contributed by atoms with E-state index in [1.807, 2.05) is 12.1 Å². The predicted molar refractivity (Wildman–Crippen MR) is 98.1 cm³/mol. The Labute approximate surface area is 154 Å². The van der Waals surface area contributed by atoms with E-state index in [2.05, 4.69) is 0 Å². The Kier molecular flexibility index (Phi) is 5.28. The zero-order chi connectivity index (χ0) is 19.1. The Morgan fingerprint density at radius 1 is 0.923 bits per heavy atom. The number of benzene rings is 2. The third-order valence-electron chi connectivity index (χ3n) is 3.86. The summed E-state index contributed by atoms with van der Waals surface area (Å²) in [5, 5.41) is -1.43. The van der Waals surface area contributed by atoms with Gasteiger partial charge < -0.3 is 0 Å². The first-order chi connectivity index (χ1) is 12.1. The Hall–Kier alpha value is -1.27. The van der Waals surface area contributed by atoms with Gasteiger partial charge in [0.05, 0.1) is 0 Å². The molecule has 138 valence electrons. The van der Waals surface area contributed by atoms with Crippen LogP contribution in [-0.4, -0.2) is 43.3 Å². The molecular weight excluding hydrogens is 447 g/mol. The van der Waals surface area contributed by atoms with Crippen LogP contribution in [0.15, 0.2) is 53.3 Å². The quantitative estimate of drug-likeness (QED) is 0.331. The van der Waals surface area contributed by atoms with Crippen molar-refractivity contribution in [1.29, 1.82) is 0 Å². The van der Waals surface area contributed by atoms with E-state index >= 15 is 0 Å². The molecule has 2 aromatic carbocycles. The average Bonchev–Trinajstić information content (AvgIpc) is 2.88. The van der Waals surface area contributed by atoms with Crippen LogP contribution in [-0.2, 0) is 15.6 Å². The van der Waals surface area contributed by atoms with E-state index in [1.54, 1.807) is 27.8 Å². The second-order valence-corrected chi connectivity index (χ2v) is 11.8. The van der Waals surface area contributed by atoms with Crippen LogP contribution in [0, 0.1) is 0 Å². The SMILES string of the molecule is O=c1c2ccccc2[se]n1-c1ccc(CC(P(=O)(O)O)P(=O)(O)O)cc1. The number of nitrogens with zero attached hydrogens (tertiary/aromatic N) is 1. The van der Waals surface area contributed by atoms with Crippen molar-refractivity contribution in [3.8, 4) is 5.69 Å². The van der Waals surface area contributed by atoms with Crippen molar-refractivity contribution < 1.29 is 28.7 Å². The molecule has 3 aromatic rings. The molecule has 3 rings (SSSR count). The van der Waals surface area contributed by atoms with E-state index in [-0.39, 0.29) is 20.3 Å². The van der Waals surface area contributed by atoms with Crippen molar-refractivity contribution >= 4 is 39.6 Å². The van der Waals surface area contributed by atoms with Crippen molar-refractivity contribution in [2.45, 2.75) is 11.8 Å². The van der Waals surface area contributed by atoms with E-state index in [0.717, 1.165) is 4.26 Å². The number of fused-ring (bicyclic) bond motifs is 1. The molecule has 0 amide bonds. The molecule has 0 radical (unpaired) electrons. The van der Waals surface area contributed by atoms with Gasteiger partial charge in [0.25, 0.3) is 0 Å². The Bertz CT molecular complexity index is 1070. The molecule has 0 aliphatic heterocycles. The van der Waals surface area contributed by atoms with Gasteiger partial charge in [-0.05, 0) is 0 Å². The first-order valence-electron chi connectivity index (χ1n) is 7.38. The second-order valence-electron chi connectivity index (χ2n) is 5.72. The summed E-state index contributed by atoms with van der Waals surface area (Å²) < 4.78 is 25.4. The fraction of sp³-hybridized carbons (Fsp3) is 0.133. The topological polar surface area (TPSA) is 137 Å². The van der Waals surface area contributed by atoms with Gasteiger partial charge in [-0.15, -0.1) is 0 Å². The normalized spacial score (nSPS) is 12.8. The number of aromatic nitrogens is 1. The van der Waals surface area contributed by atoms with Gasteiger partial charge >= 0.3 is 154 Å². The van der Waals surface area contributed by atoms with Gasteiger partial charge in [-0.3, -0.25) is 0 Å². The minimum atomic E-state index is -4.97.